The standard InChI is InChI=1S/C19H23N7O/c1-24-10-12-25(13-11-24)17-5-2-4-16(23-17)18(27)20-8-6-15-14-26-9-3-7-21-19(26)22-15/h2-5,7,9,14H,6,8,10-13H2,1H3,(H,20,27). The molecule has 0 saturated carbocycles. The summed E-state index contributed by atoms with van der Waals surface area (Å²) in [6.07, 6.45) is 6.20. The average molecular weight is 365 g/mol. The Bertz CT molecular complexity index is 897. The molecule has 4 heterocycles. The van der Waals surface area contributed by atoms with E-state index in [1.165, 1.54) is 0 Å². The number of fused-ring (bicyclic) bond motifs is 1. The molecule has 8 heteroatoms. The number of pyridine rings is 1. The first-order valence-electron chi connectivity index (χ1n) is 9.16. The van der Waals surface area contributed by atoms with Crippen molar-refractivity contribution < 1.29 is 4.79 Å². The van der Waals surface area contributed by atoms with Crippen molar-refractivity contribution in [3.63, 3.8) is 0 Å². The van der Waals surface area contributed by atoms with Gasteiger partial charge in [0.1, 0.15) is 11.5 Å². The van der Waals surface area contributed by atoms with Gasteiger partial charge in [-0.1, -0.05) is 6.07 Å². The maximum atomic E-state index is 12.5. The fraction of sp³-hybridized carbons (Fsp3) is 0.368. The third kappa shape index (κ3) is 4.06. The van der Waals surface area contributed by atoms with Crippen molar-refractivity contribution in [2.24, 2.45) is 0 Å². The molecule has 140 valence electrons. The van der Waals surface area contributed by atoms with Crippen molar-refractivity contribution in [1.29, 1.82) is 0 Å². The van der Waals surface area contributed by atoms with Crippen LogP contribution < -0.4 is 10.2 Å². The Morgan fingerprint density at radius 1 is 1.15 bits per heavy atom. The first kappa shape index (κ1) is 17.4. The molecule has 0 unspecified atom stereocenters. The number of amides is 1. The monoisotopic (exact) mass is 365 g/mol. The van der Waals surface area contributed by atoms with Gasteiger partial charge in [-0.15, -0.1) is 0 Å². The van der Waals surface area contributed by atoms with E-state index >= 15 is 0 Å². The molecule has 0 spiro atoms. The predicted octanol–water partition coefficient (Wildman–Crippen LogP) is 0.849. The molecule has 0 aliphatic carbocycles. The molecule has 0 bridgehead atoms. The topological polar surface area (TPSA) is 78.7 Å². The summed E-state index contributed by atoms with van der Waals surface area (Å²) < 4.78 is 1.87. The van der Waals surface area contributed by atoms with Gasteiger partial charge in [0.2, 0.25) is 5.78 Å². The smallest absolute Gasteiger partial charge is 0.269 e. The Kier molecular flexibility index (Phi) is 4.97. The van der Waals surface area contributed by atoms with Crippen molar-refractivity contribution in [2.45, 2.75) is 6.42 Å². The number of nitrogens with zero attached hydrogens (tertiary/aromatic N) is 6. The van der Waals surface area contributed by atoms with Gasteiger partial charge in [-0.3, -0.25) is 9.20 Å². The largest absolute Gasteiger partial charge is 0.354 e. The van der Waals surface area contributed by atoms with Crippen LogP contribution in [0.2, 0.25) is 0 Å². The van der Waals surface area contributed by atoms with Gasteiger partial charge in [-0.25, -0.2) is 15.0 Å². The minimum atomic E-state index is -0.159. The highest BCUT2D eigenvalue weighted by Crippen LogP contribution is 2.13. The lowest BCUT2D eigenvalue weighted by Gasteiger charge is -2.33. The summed E-state index contributed by atoms with van der Waals surface area (Å²) in [7, 11) is 2.12. The normalized spacial score (nSPS) is 15.2. The molecule has 1 N–H and O–H groups in total. The van der Waals surface area contributed by atoms with Crippen molar-refractivity contribution in [2.75, 3.05) is 44.7 Å². The van der Waals surface area contributed by atoms with Crippen LogP contribution in [0, 0.1) is 0 Å². The lowest BCUT2D eigenvalue weighted by Crippen LogP contribution is -2.45. The van der Waals surface area contributed by atoms with Gasteiger partial charge in [0.15, 0.2) is 0 Å². The maximum Gasteiger partial charge on any atom is 0.269 e. The summed E-state index contributed by atoms with van der Waals surface area (Å²) >= 11 is 0. The zero-order valence-electron chi connectivity index (χ0n) is 15.4. The number of nitrogens with one attached hydrogen (secondary N) is 1. The van der Waals surface area contributed by atoms with Crippen LogP contribution in [0.3, 0.4) is 0 Å². The van der Waals surface area contributed by atoms with Gasteiger partial charge < -0.3 is 15.1 Å². The molecule has 1 fully saturated rings. The molecule has 8 nitrogen and oxygen atoms in total. The number of likely N-dealkylation sites (N-methyl/N-ethyl adjacent to an activating group) is 1. The highest BCUT2D eigenvalue weighted by Gasteiger charge is 2.16. The first-order chi connectivity index (χ1) is 13.2. The summed E-state index contributed by atoms with van der Waals surface area (Å²) in [6, 6.07) is 7.47. The maximum absolute atomic E-state index is 12.5. The van der Waals surface area contributed by atoms with E-state index in [0.29, 0.717) is 24.4 Å². The van der Waals surface area contributed by atoms with E-state index in [4.69, 9.17) is 0 Å². The predicted molar refractivity (Wildman–Crippen MR) is 103 cm³/mol. The van der Waals surface area contributed by atoms with E-state index in [0.717, 1.165) is 37.7 Å². The van der Waals surface area contributed by atoms with Gasteiger partial charge >= 0.3 is 0 Å². The summed E-state index contributed by atoms with van der Waals surface area (Å²) in [5.74, 6) is 1.37. The molecule has 1 saturated heterocycles. The molecule has 3 aromatic heterocycles. The molecule has 0 atom stereocenters. The van der Waals surface area contributed by atoms with Crippen molar-refractivity contribution in [3.05, 3.63) is 54.2 Å². The van der Waals surface area contributed by atoms with Gasteiger partial charge in [0.25, 0.3) is 5.91 Å². The number of carbonyl (C=O) groups is 1. The molecule has 1 aliphatic heterocycles. The minimum Gasteiger partial charge on any atom is -0.354 e. The molecular formula is C19H23N7O. The van der Waals surface area contributed by atoms with Gasteiger partial charge in [-0.05, 0) is 25.2 Å². The molecule has 1 amide bonds. The number of hydrogen-bond donors (Lipinski definition) is 1. The quantitative estimate of drug-likeness (QED) is 0.722. The van der Waals surface area contributed by atoms with E-state index in [9.17, 15) is 4.79 Å². The van der Waals surface area contributed by atoms with Crippen LogP contribution in [0.5, 0.6) is 0 Å². The molecule has 0 radical (unpaired) electrons. The molecule has 27 heavy (non-hydrogen) atoms. The Labute approximate surface area is 157 Å². The Balaban J connectivity index is 1.34. The molecule has 3 aromatic rings. The minimum absolute atomic E-state index is 0.159. The van der Waals surface area contributed by atoms with Crippen molar-refractivity contribution in [3.8, 4) is 0 Å². The zero-order chi connectivity index (χ0) is 18.6. The lowest BCUT2D eigenvalue weighted by atomic mass is 10.2. The number of hydrogen-bond acceptors (Lipinski definition) is 6. The second kappa shape index (κ2) is 7.71. The van der Waals surface area contributed by atoms with Gasteiger partial charge in [0, 0.05) is 57.7 Å². The van der Waals surface area contributed by atoms with Gasteiger partial charge in [0.05, 0.1) is 5.69 Å². The summed E-state index contributed by atoms with van der Waals surface area (Å²) in [6.45, 7) is 4.37. The van der Waals surface area contributed by atoms with Crippen LogP contribution in [0.1, 0.15) is 16.2 Å². The zero-order valence-corrected chi connectivity index (χ0v) is 15.4. The van der Waals surface area contributed by atoms with E-state index in [1.54, 1.807) is 12.3 Å². The third-order valence-corrected chi connectivity index (χ3v) is 4.75. The fourth-order valence-corrected chi connectivity index (χ4v) is 3.16. The van der Waals surface area contributed by atoms with E-state index in [-0.39, 0.29) is 5.91 Å². The number of imidazole rings is 1. The van der Waals surface area contributed by atoms with Crippen LogP contribution in [0.4, 0.5) is 5.82 Å². The number of rotatable bonds is 5. The molecule has 0 aromatic carbocycles. The van der Waals surface area contributed by atoms with Gasteiger partial charge in [-0.2, -0.15) is 0 Å². The first-order valence-corrected chi connectivity index (χ1v) is 9.16. The molecule has 1 aliphatic rings. The fourth-order valence-electron chi connectivity index (χ4n) is 3.16. The number of carbonyl (C=O) groups excluding carboxylic acids is 1. The number of piperazine rings is 1. The van der Waals surface area contributed by atoms with Crippen molar-refractivity contribution >= 4 is 17.5 Å². The van der Waals surface area contributed by atoms with Crippen LogP contribution >= 0.6 is 0 Å². The van der Waals surface area contributed by atoms with Crippen LogP contribution in [-0.4, -0.2) is 69.9 Å². The van der Waals surface area contributed by atoms with E-state index in [2.05, 4.69) is 37.1 Å². The number of anilines is 1. The summed E-state index contributed by atoms with van der Waals surface area (Å²) in [5, 5.41) is 2.93. The van der Waals surface area contributed by atoms with E-state index < -0.39 is 0 Å². The summed E-state index contributed by atoms with van der Waals surface area (Å²) in [5.41, 5.74) is 1.34. The van der Waals surface area contributed by atoms with Crippen LogP contribution in [0.15, 0.2) is 42.9 Å². The molecular weight excluding hydrogens is 342 g/mol. The SMILES string of the molecule is CN1CCN(c2cccc(C(=O)NCCc3cn4cccnc4n3)n2)CC1. The second-order valence-corrected chi connectivity index (χ2v) is 6.74. The van der Waals surface area contributed by atoms with Crippen molar-refractivity contribution in [1.82, 2.24) is 29.6 Å². The van der Waals surface area contributed by atoms with E-state index in [1.807, 2.05) is 35.0 Å². The van der Waals surface area contributed by atoms with Crippen LogP contribution in [-0.2, 0) is 6.42 Å². The Morgan fingerprint density at radius 3 is 2.81 bits per heavy atom. The second-order valence-electron chi connectivity index (χ2n) is 6.74. The molecule has 4 rings (SSSR count). The highest BCUT2D eigenvalue weighted by atomic mass is 16.1. The Hall–Kier alpha value is -3.00. The average Bonchev–Trinajstić information content (AvgIpc) is 3.11. The number of aromatic nitrogens is 4. The van der Waals surface area contributed by atoms with Crippen LogP contribution in [0.25, 0.3) is 5.78 Å². The third-order valence-electron chi connectivity index (χ3n) is 4.75. The summed E-state index contributed by atoms with van der Waals surface area (Å²) in [4.78, 5) is 30.2. The lowest BCUT2D eigenvalue weighted by molar-refractivity contribution is 0.0949. The highest BCUT2D eigenvalue weighted by molar-refractivity contribution is 5.92. The Morgan fingerprint density at radius 2 is 2.00 bits per heavy atom.